The number of likely N-dealkylation sites (N-methyl/N-ethyl adjacent to an activating group) is 1. The lowest BCUT2D eigenvalue weighted by Gasteiger charge is -2.44. The second-order valence-electron chi connectivity index (χ2n) is 8.90. The quantitative estimate of drug-likeness (QED) is 0.787. The predicted octanol–water partition coefficient (Wildman–Crippen LogP) is 1.80. The molecule has 0 bridgehead atoms. The van der Waals surface area contributed by atoms with Crippen molar-refractivity contribution in [2.24, 2.45) is 5.89 Å². The summed E-state index contributed by atoms with van der Waals surface area (Å²) in [7, 11) is 2.17. The molecule has 3 atom stereocenters. The van der Waals surface area contributed by atoms with Gasteiger partial charge in [-0.05, 0) is 44.5 Å². The average Bonchev–Trinajstić information content (AvgIpc) is 3.23. The smallest absolute Gasteiger partial charge is 0.270 e. The molecule has 2 N–H and O–H groups in total. The third-order valence-corrected chi connectivity index (χ3v) is 7.31. The highest BCUT2D eigenvalue weighted by atomic mass is 19.1. The Kier molecular flexibility index (Phi) is 3.28. The van der Waals surface area contributed by atoms with Gasteiger partial charge in [-0.2, -0.15) is 0 Å². The van der Waals surface area contributed by atoms with Crippen molar-refractivity contribution in [3.63, 3.8) is 0 Å². The molecule has 4 heterocycles. The predicted molar refractivity (Wildman–Crippen MR) is 104 cm³/mol. The monoisotopic (exact) mass is 384 g/mol. The molecule has 4 fully saturated rings. The second kappa shape index (κ2) is 5.78. The zero-order valence-electron chi connectivity index (χ0n) is 17.0. The van der Waals surface area contributed by atoms with Crippen LogP contribution in [0.5, 0.6) is 0 Å². The second-order valence-corrected chi connectivity index (χ2v) is 8.90. The number of amides is 1. The first-order valence-electron chi connectivity index (χ1n) is 10.7. The highest BCUT2D eigenvalue weighted by Gasteiger charge is 2.57. The van der Waals surface area contributed by atoms with Crippen molar-refractivity contribution >= 4 is 16.8 Å². The van der Waals surface area contributed by atoms with E-state index in [-0.39, 0.29) is 29.3 Å². The number of hydrogen-bond donors (Lipinski definition) is 2. The summed E-state index contributed by atoms with van der Waals surface area (Å²) >= 11 is 0. The van der Waals surface area contributed by atoms with Crippen LogP contribution in [0.3, 0.4) is 0 Å². The third kappa shape index (κ3) is 2.39. The van der Waals surface area contributed by atoms with Crippen molar-refractivity contribution in [1.29, 1.82) is 0 Å². The number of likely N-dealkylation sites (tertiary alicyclic amines) is 1. The highest BCUT2D eigenvalue weighted by Crippen LogP contribution is 2.46. The van der Waals surface area contributed by atoms with Crippen molar-refractivity contribution in [3.8, 4) is 0 Å². The first kappa shape index (κ1) is 15.9. The van der Waals surface area contributed by atoms with Crippen LogP contribution in [0, 0.1) is 11.7 Å². The molecule has 3 aliphatic heterocycles. The molecular formula is C21H26FN5O. The van der Waals surface area contributed by atoms with E-state index in [9.17, 15) is 10.6 Å². The molecule has 1 aromatic carbocycles. The Morgan fingerprint density at radius 3 is 3.00 bits per heavy atom. The minimum absolute atomic E-state index is 0.0685. The summed E-state index contributed by atoms with van der Waals surface area (Å²) in [5, 5.41) is 2.72. The summed E-state index contributed by atoms with van der Waals surface area (Å²) in [5.41, 5.74) is 4.91. The van der Waals surface area contributed by atoms with Gasteiger partial charge in [0, 0.05) is 62.0 Å². The topological polar surface area (TPSA) is 54.6 Å². The van der Waals surface area contributed by atoms with E-state index in [4.69, 9.17) is 0 Å². The summed E-state index contributed by atoms with van der Waals surface area (Å²) in [6.07, 6.45) is 3.21. The Balaban J connectivity index is 1.26. The first-order chi connectivity index (χ1) is 13.9. The number of hydrazine groups is 1. The van der Waals surface area contributed by atoms with Crippen LogP contribution in [-0.2, 0) is 0 Å². The van der Waals surface area contributed by atoms with Crippen LogP contribution in [0.1, 0.15) is 31.1 Å². The van der Waals surface area contributed by atoms with E-state index in [1.54, 1.807) is 23.1 Å². The molecule has 4 aliphatic rings. The Morgan fingerprint density at radius 1 is 1.36 bits per heavy atom. The zero-order chi connectivity index (χ0) is 20.0. The Hall–Kier alpha value is -1.96. The van der Waals surface area contributed by atoms with Gasteiger partial charge >= 0.3 is 0 Å². The third-order valence-electron chi connectivity index (χ3n) is 7.31. The van der Waals surface area contributed by atoms with Gasteiger partial charge in [-0.3, -0.25) is 15.1 Å². The molecule has 1 amide bonds. The molecule has 1 aromatic heterocycles. The molecule has 148 valence electrons. The lowest BCUT2D eigenvalue weighted by atomic mass is 9.86. The summed E-state index contributed by atoms with van der Waals surface area (Å²) in [6.45, 7) is 2.81. The van der Waals surface area contributed by atoms with Gasteiger partial charge < -0.3 is 9.88 Å². The maximum Gasteiger partial charge on any atom is 0.270 e. The normalized spacial score (nSPS) is 35.1. The minimum atomic E-state index is -0.740. The Labute approximate surface area is 165 Å². The van der Waals surface area contributed by atoms with Gasteiger partial charge in [-0.15, -0.1) is 0 Å². The summed E-state index contributed by atoms with van der Waals surface area (Å²) in [5.74, 6) is -1.22. The molecule has 2 aromatic rings. The van der Waals surface area contributed by atoms with Crippen LogP contribution in [0.15, 0.2) is 24.3 Å². The summed E-state index contributed by atoms with van der Waals surface area (Å²) < 4.78 is 23.4. The number of nitrogens with one attached hydrogen (secondary N) is 2. The number of rotatable bonds is 1. The van der Waals surface area contributed by atoms with Crippen molar-refractivity contribution in [1.82, 2.24) is 25.2 Å². The first-order valence-corrected chi connectivity index (χ1v) is 10.2. The summed E-state index contributed by atoms with van der Waals surface area (Å²) in [6, 6.07) is 6.55. The number of aromatic nitrogens is 1. The number of halogens is 1. The summed E-state index contributed by atoms with van der Waals surface area (Å²) in [4.78, 5) is 20.5. The van der Waals surface area contributed by atoms with Crippen LogP contribution in [0.2, 0.25) is 0 Å². The van der Waals surface area contributed by atoms with Crippen LogP contribution in [0.4, 0.5) is 4.39 Å². The molecule has 6 nitrogen and oxygen atoms in total. The van der Waals surface area contributed by atoms with Crippen molar-refractivity contribution in [2.45, 2.75) is 36.9 Å². The number of benzene rings is 1. The standard InChI is InChI=1S/C21H26FN5O/c1-25-11-19-14-10-26(8-5-17(14)24-27(19)12-21(25)6-7-21)20(28)18-9-13-15(22)3-2-4-16(13)23-18/h2-4,9,14,17,19,23-24H,5-8,10-12H2,1H3/i14D. The van der Waals surface area contributed by atoms with Gasteiger partial charge in [0.1, 0.15) is 11.5 Å². The van der Waals surface area contributed by atoms with Crippen LogP contribution in [0.25, 0.3) is 10.9 Å². The van der Waals surface area contributed by atoms with Crippen LogP contribution >= 0.6 is 0 Å². The van der Waals surface area contributed by atoms with Gasteiger partial charge in [0.2, 0.25) is 0 Å². The van der Waals surface area contributed by atoms with E-state index in [0.29, 0.717) is 29.7 Å². The zero-order valence-corrected chi connectivity index (χ0v) is 16.0. The fraction of sp³-hybridized carbons (Fsp3) is 0.571. The van der Waals surface area contributed by atoms with E-state index in [1.807, 2.05) is 0 Å². The van der Waals surface area contributed by atoms with Crippen molar-refractivity contribution < 1.29 is 10.6 Å². The number of fused-ring (bicyclic) bond motifs is 4. The van der Waals surface area contributed by atoms with Crippen LogP contribution < -0.4 is 5.43 Å². The van der Waals surface area contributed by atoms with E-state index in [2.05, 4.69) is 27.4 Å². The lowest BCUT2D eigenvalue weighted by molar-refractivity contribution is 0.0164. The van der Waals surface area contributed by atoms with E-state index in [1.165, 1.54) is 18.9 Å². The molecule has 6 rings (SSSR count). The van der Waals surface area contributed by atoms with Gasteiger partial charge in [-0.25, -0.2) is 9.40 Å². The number of piperazine rings is 1. The SMILES string of the molecule is [2H]C12CN(C(=O)c3cc4c(F)cccc4[nH]3)CCC1NN1CC3(CC3)N(C)CC12. The Bertz CT molecular complexity index is 1010. The van der Waals surface area contributed by atoms with Gasteiger partial charge in [0.05, 0.1) is 0 Å². The van der Waals surface area contributed by atoms with Crippen molar-refractivity contribution in [3.05, 3.63) is 35.8 Å². The largest absolute Gasteiger partial charge is 0.350 e. The maximum absolute atomic E-state index is 14.0. The average molecular weight is 384 g/mol. The van der Waals surface area contributed by atoms with Gasteiger partial charge in [0.25, 0.3) is 5.91 Å². The molecule has 3 saturated heterocycles. The van der Waals surface area contributed by atoms with Gasteiger partial charge in [0.15, 0.2) is 0 Å². The van der Waals surface area contributed by atoms with E-state index < -0.39 is 5.89 Å². The molecule has 3 unspecified atom stereocenters. The molecule has 1 saturated carbocycles. The fourth-order valence-electron chi connectivity index (χ4n) is 5.38. The van der Waals surface area contributed by atoms with E-state index >= 15 is 0 Å². The van der Waals surface area contributed by atoms with Gasteiger partial charge in [-0.1, -0.05) is 6.07 Å². The fourth-order valence-corrected chi connectivity index (χ4v) is 5.38. The van der Waals surface area contributed by atoms with Crippen molar-refractivity contribution in [2.75, 3.05) is 33.2 Å². The lowest BCUT2D eigenvalue weighted by Crippen LogP contribution is -2.60. The number of hydrogen-bond acceptors (Lipinski definition) is 4. The highest BCUT2D eigenvalue weighted by molar-refractivity contribution is 5.98. The molecule has 7 heteroatoms. The van der Waals surface area contributed by atoms with E-state index in [0.717, 1.165) is 19.5 Å². The Morgan fingerprint density at radius 2 is 2.21 bits per heavy atom. The molecule has 0 radical (unpaired) electrons. The molecule has 1 spiro atoms. The minimum Gasteiger partial charge on any atom is -0.350 e. The molecular weight excluding hydrogens is 357 g/mol. The number of aromatic amines is 1. The number of carbonyl (C=O) groups is 1. The molecule has 1 aliphatic carbocycles. The number of carbonyl (C=O) groups excluding carboxylic acids is 1. The number of nitrogens with zero attached hydrogens (tertiary/aromatic N) is 3. The molecule has 28 heavy (non-hydrogen) atoms. The maximum atomic E-state index is 14.0. The van der Waals surface area contributed by atoms with Crippen LogP contribution in [-0.4, -0.2) is 76.5 Å². The number of H-pyrrole nitrogens is 1. The number of piperidine rings is 1.